The van der Waals surface area contributed by atoms with Crippen molar-refractivity contribution < 1.29 is 38.9 Å². The lowest BCUT2D eigenvalue weighted by atomic mass is 9.95. The molecular formula is C27H32N2O7. The Labute approximate surface area is 210 Å². The number of hydrogen-bond acceptors (Lipinski definition) is 7. The molecule has 2 saturated heterocycles. The number of Topliss-reactive ketones (excluding diaryl/α,β-unsaturated/α-hetero) is 1. The van der Waals surface area contributed by atoms with Gasteiger partial charge in [0.2, 0.25) is 5.78 Å². The second kappa shape index (κ2) is 11.0. The second-order valence-corrected chi connectivity index (χ2v) is 9.21. The first-order chi connectivity index (χ1) is 17.3. The number of ketones is 1. The Morgan fingerprint density at radius 3 is 2.50 bits per heavy atom. The summed E-state index contributed by atoms with van der Waals surface area (Å²) in [5, 5.41) is 23.7. The van der Waals surface area contributed by atoms with E-state index in [1.54, 1.807) is 36.4 Å². The van der Waals surface area contributed by atoms with E-state index in [1.165, 1.54) is 23.0 Å². The van der Waals surface area contributed by atoms with Gasteiger partial charge in [0.15, 0.2) is 11.5 Å². The number of benzene rings is 2. The molecule has 192 valence electrons. The van der Waals surface area contributed by atoms with Crippen molar-refractivity contribution in [3.63, 3.8) is 0 Å². The summed E-state index contributed by atoms with van der Waals surface area (Å²) >= 11 is 0. The van der Waals surface area contributed by atoms with Gasteiger partial charge in [-0.3, -0.25) is 9.59 Å². The van der Waals surface area contributed by atoms with Crippen molar-refractivity contribution >= 4 is 17.4 Å². The third-order valence-corrected chi connectivity index (χ3v) is 6.44. The molecule has 0 radical (unpaired) electrons. The zero-order valence-corrected chi connectivity index (χ0v) is 20.8. The number of nitrogens with zero attached hydrogens (tertiary/aromatic N) is 1. The molecule has 2 N–H and O–H groups in total. The van der Waals surface area contributed by atoms with Crippen LogP contribution >= 0.6 is 0 Å². The predicted octanol–water partition coefficient (Wildman–Crippen LogP) is 0.327. The summed E-state index contributed by atoms with van der Waals surface area (Å²) in [4.78, 5) is 29.1. The van der Waals surface area contributed by atoms with Gasteiger partial charge in [-0.05, 0) is 49.2 Å². The van der Waals surface area contributed by atoms with Crippen molar-refractivity contribution in [2.24, 2.45) is 0 Å². The van der Waals surface area contributed by atoms with Crippen molar-refractivity contribution in [1.29, 1.82) is 0 Å². The lowest BCUT2D eigenvalue weighted by Gasteiger charge is -2.30. The van der Waals surface area contributed by atoms with Crippen LogP contribution in [0.2, 0.25) is 0 Å². The number of likely N-dealkylation sites (tertiary alicyclic amines) is 1. The normalized spacial score (nSPS) is 20.2. The maximum atomic E-state index is 13.6. The van der Waals surface area contributed by atoms with E-state index in [9.17, 15) is 19.8 Å². The first-order valence-corrected chi connectivity index (χ1v) is 12.1. The lowest BCUT2D eigenvalue weighted by molar-refractivity contribution is -0.907. The zero-order chi connectivity index (χ0) is 25.8. The van der Waals surface area contributed by atoms with Gasteiger partial charge in [-0.1, -0.05) is 24.0 Å². The quantitative estimate of drug-likeness (QED) is 0.308. The summed E-state index contributed by atoms with van der Waals surface area (Å²) in [7, 11) is 1.42. The highest BCUT2D eigenvalue weighted by molar-refractivity contribution is 6.46. The van der Waals surface area contributed by atoms with E-state index in [-0.39, 0.29) is 23.2 Å². The summed E-state index contributed by atoms with van der Waals surface area (Å²) < 4.78 is 16.3. The monoisotopic (exact) mass is 496 g/mol. The van der Waals surface area contributed by atoms with E-state index >= 15 is 0 Å². The number of carbonyl (C=O) groups excluding carboxylic acids is 2. The molecule has 4 rings (SSSR count). The number of methoxy groups -OCH3 is 1. The first kappa shape index (κ1) is 25.5. The molecule has 9 heteroatoms. The fourth-order valence-electron chi connectivity index (χ4n) is 4.61. The van der Waals surface area contributed by atoms with E-state index in [0.717, 1.165) is 13.1 Å². The number of amides is 1. The van der Waals surface area contributed by atoms with Crippen molar-refractivity contribution in [2.75, 3.05) is 46.5 Å². The maximum Gasteiger partial charge on any atom is 0.295 e. The Kier molecular flexibility index (Phi) is 7.81. The molecule has 2 heterocycles. The largest absolute Gasteiger partial charge is 0.872 e. The number of rotatable bonds is 8. The lowest BCUT2D eigenvalue weighted by Crippen LogP contribution is -3.14. The van der Waals surface area contributed by atoms with Gasteiger partial charge in [0.1, 0.15) is 18.8 Å². The fraction of sp³-hybridized carbons (Fsp3) is 0.407. The zero-order valence-electron chi connectivity index (χ0n) is 20.8. The Hall–Kier alpha value is -3.56. The summed E-state index contributed by atoms with van der Waals surface area (Å²) in [5.41, 5.74) is 0.699. The molecule has 2 aromatic carbocycles. The number of quaternary nitrogens is 1. The third-order valence-electron chi connectivity index (χ3n) is 6.44. The number of aromatic hydroxyl groups is 1. The van der Waals surface area contributed by atoms with E-state index in [2.05, 4.69) is 0 Å². The summed E-state index contributed by atoms with van der Waals surface area (Å²) in [5.74, 6) is -1.30. The third kappa shape index (κ3) is 5.32. The number of phenolic OH excluding ortho intramolecular Hbond substituents is 1. The molecule has 1 unspecified atom stereocenters. The molecule has 2 fully saturated rings. The Balaban J connectivity index is 1.73. The van der Waals surface area contributed by atoms with Crippen LogP contribution in [-0.2, 0) is 14.3 Å². The molecule has 36 heavy (non-hydrogen) atoms. The number of carbonyl (C=O) groups is 2. The van der Waals surface area contributed by atoms with E-state index in [1.807, 2.05) is 13.8 Å². The molecule has 2 aliphatic rings. The molecule has 1 atom stereocenters. The number of morpholine rings is 1. The molecule has 0 bridgehead atoms. The SMILES string of the molecule is COc1cc(C2/C(=C(\[O-])c3ccc(OC(C)C)cc3)C(=O)C(=O)N2CC[NH+]2CCOCC2)ccc1O. The molecule has 2 aromatic rings. The number of nitrogens with one attached hydrogen (secondary N) is 1. The Morgan fingerprint density at radius 1 is 1.17 bits per heavy atom. The van der Waals surface area contributed by atoms with Crippen LogP contribution in [0.4, 0.5) is 0 Å². The minimum absolute atomic E-state index is 0.0222. The summed E-state index contributed by atoms with van der Waals surface area (Å²) in [6.45, 7) is 7.65. The summed E-state index contributed by atoms with van der Waals surface area (Å²) in [6, 6.07) is 10.3. The fourth-order valence-corrected chi connectivity index (χ4v) is 4.61. The van der Waals surface area contributed by atoms with Crippen LogP contribution in [0, 0.1) is 0 Å². The van der Waals surface area contributed by atoms with Crippen LogP contribution in [0.1, 0.15) is 31.0 Å². The van der Waals surface area contributed by atoms with Gasteiger partial charge in [-0.15, -0.1) is 0 Å². The van der Waals surface area contributed by atoms with E-state index in [4.69, 9.17) is 14.2 Å². The van der Waals surface area contributed by atoms with Crippen molar-refractivity contribution in [2.45, 2.75) is 26.0 Å². The van der Waals surface area contributed by atoms with Gasteiger partial charge in [-0.2, -0.15) is 0 Å². The van der Waals surface area contributed by atoms with E-state index < -0.39 is 23.5 Å². The first-order valence-electron chi connectivity index (χ1n) is 12.1. The molecular weight excluding hydrogens is 464 g/mol. The van der Waals surface area contributed by atoms with E-state index in [0.29, 0.717) is 43.2 Å². The highest BCUT2D eigenvalue weighted by Gasteiger charge is 2.44. The van der Waals surface area contributed by atoms with Gasteiger partial charge in [-0.25, -0.2) is 0 Å². The van der Waals surface area contributed by atoms with Crippen LogP contribution < -0.4 is 19.5 Å². The predicted molar refractivity (Wildman–Crippen MR) is 130 cm³/mol. The standard InChI is InChI=1S/C27H32N2O7/c1-17(2)36-20-7-4-18(5-8-20)25(31)23-24(19-6-9-21(30)22(16-19)34-3)29(27(33)26(23)32)11-10-28-12-14-35-15-13-28/h4-9,16-17,24,30-31H,10-15H2,1-3H3/b25-23+. The topological polar surface area (TPSA) is 113 Å². The van der Waals surface area contributed by atoms with Crippen LogP contribution in [0.3, 0.4) is 0 Å². The van der Waals surface area contributed by atoms with Crippen molar-refractivity contribution in [3.05, 3.63) is 59.2 Å². The number of hydrogen-bond donors (Lipinski definition) is 2. The van der Waals surface area contributed by atoms with Gasteiger partial charge < -0.3 is 34.2 Å². The van der Waals surface area contributed by atoms with Crippen molar-refractivity contribution in [3.8, 4) is 17.2 Å². The Bertz CT molecular complexity index is 1140. The van der Waals surface area contributed by atoms with Gasteiger partial charge in [0.25, 0.3) is 5.91 Å². The van der Waals surface area contributed by atoms with Gasteiger partial charge in [0, 0.05) is 5.57 Å². The molecule has 2 aliphatic heterocycles. The molecule has 0 aromatic heterocycles. The molecule has 0 spiro atoms. The average Bonchev–Trinajstić information content (AvgIpc) is 3.13. The second-order valence-electron chi connectivity index (χ2n) is 9.21. The highest BCUT2D eigenvalue weighted by atomic mass is 16.5. The van der Waals surface area contributed by atoms with Crippen LogP contribution in [0.5, 0.6) is 17.2 Å². The van der Waals surface area contributed by atoms with Crippen LogP contribution in [-0.4, -0.2) is 74.3 Å². The number of phenols is 1. The highest BCUT2D eigenvalue weighted by Crippen LogP contribution is 2.41. The molecule has 0 saturated carbocycles. The molecule has 0 aliphatic carbocycles. The molecule has 9 nitrogen and oxygen atoms in total. The van der Waals surface area contributed by atoms with Gasteiger partial charge >= 0.3 is 0 Å². The minimum Gasteiger partial charge on any atom is -0.872 e. The van der Waals surface area contributed by atoms with Crippen LogP contribution in [0.25, 0.3) is 5.76 Å². The Morgan fingerprint density at radius 2 is 1.86 bits per heavy atom. The molecule has 1 amide bonds. The summed E-state index contributed by atoms with van der Waals surface area (Å²) in [6.07, 6.45) is -0.0222. The number of ether oxygens (including phenoxy) is 3. The van der Waals surface area contributed by atoms with Gasteiger partial charge in [0.05, 0.1) is 45.6 Å². The maximum absolute atomic E-state index is 13.6. The smallest absolute Gasteiger partial charge is 0.295 e. The average molecular weight is 497 g/mol. The minimum atomic E-state index is -0.890. The van der Waals surface area contributed by atoms with Crippen molar-refractivity contribution in [1.82, 2.24) is 4.90 Å². The van der Waals surface area contributed by atoms with Crippen LogP contribution in [0.15, 0.2) is 48.0 Å².